The first-order valence-corrected chi connectivity index (χ1v) is 27.8. The summed E-state index contributed by atoms with van der Waals surface area (Å²) in [4.78, 5) is 1.02. The highest BCUT2D eigenvalue weighted by molar-refractivity contribution is 7.99. The summed E-state index contributed by atoms with van der Waals surface area (Å²) in [6.07, 6.45) is -7.03. The maximum Gasteiger partial charge on any atom is 0.187 e. The molecule has 0 amide bonds. The van der Waals surface area contributed by atoms with Crippen molar-refractivity contribution in [3.63, 3.8) is 0 Å². The normalized spacial score (nSPS) is 23.2. The average molecular weight is 1070 g/mol. The molecule has 0 spiro atoms. The molecular formula is C67H68O10S. The van der Waals surface area contributed by atoms with Gasteiger partial charge in [-0.05, 0) is 51.1 Å². The van der Waals surface area contributed by atoms with Gasteiger partial charge in [0.25, 0.3) is 0 Å². The topological polar surface area (TPSA) is 92.3 Å². The zero-order valence-corrected chi connectivity index (χ0v) is 44.5. The molecule has 402 valence electrons. The Balaban J connectivity index is 1.06. The lowest BCUT2D eigenvalue weighted by Gasteiger charge is -2.50. The molecule has 2 aliphatic rings. The molecular weight excluding hydrogens is 997 g/mol. The lowest BCUT2D eigenvalue weighted by molar-refractivity contribution is -0.360. The Morgan fingerprint density at radius 2 is 0.577 bits per heavy atom. The fourth-order valence-electron chi connectivity index (χ4n) is 9.68. The van der Waals surface area contributed by atoms with Gasteiger partial charge in [0.1, 0.15) is 54.3 Å². The summed E-state index contributed by atoms with van der Waals surface area (Å²) in [6, 6.07) is 81.2. The second kappa shape index (κ2) is 29.6. The largest absolute Gasteiger partial charge is 0.374 e. The van der Waals surface area contributed by atoms with E-state index in [4.69, 9.17) is 47.4 Å². The van der Waals surface area contributed by atoms with Crippen LogP contribution in [-0.4, -0.2) is 73.8 Å². The van der Waals surface area contributed by atoms with Crippen molar-refractivity contribution in [1.29, 1.82) is 0 Å². The molecule has 0 radical (unpaired) electrons. The monoisotopic (exact) mass is 1060 g/mol. The minimum Gasteiger partial charge on any atom is -0.374 e. The van der Waals surface area contributed by atoms with E-state index in [9.17, 15) is 0 Å². The van der Waals surface area contributed by atoms with Crippen LogP contribution in [0.2, 0.25) is 0 Å². The van der Waals surface area contributed by atoms with Gasteiger partial charge in [0.05, 0.1) is 59.5 Å². The summed E-state index contributed by atoms with van der Waals surface area (Å²) in [5.41, 5.74) is 6.48. The van der Waals surface area contributed by atoms with E-state index in [1.54, 1.807) is 11.8 Å². The molecule has 78 heavy (non-hydrogen) atoms. The maximum absolute atomic E-state index is 7.66. The van der Waals surface area contributed by atoms with Gasteiger partial charge in [0.2, 0.25) is 0 Å². The number of benzene rings is 8. The van der Waals surface area contributed by atoms with Crippen molar-refractivity contribution >= 4 is 11.8 Å². The molecule has 10 nitrogen and oxygen atoms in total. The van der Waals surface area contributed by atoms with Crippen LogP contribution in [0, 0.1) is 0 Å². The molecule has 2 saturated heterocycles. The quantitative estimate of drug-likeness (QED) is 0.0493. The molecule has 10 atom stereocenters. The summed E-state index contributed by atoms with van der Waals surface area (Å²) < 4.78 is 71.3. The first-order chi connectivity index (χ1) is 38.7. The molecule has 0 saturated carbocycles. The van der Waals surface area contributed by atoms with Crippen molar-refractivity contribution in [1.82, 2.24) is 0 Å². The first-order valence-electron chi connectivity index (χ1n) is 26.9. The van der Waals surface area contributed by atoms with Gasteiger partial charge < -0.3 is 47.4 Å². The summed E-state index contributed by atoms with van der Waals surface area (Å²) >= 11 is 1.59. The zero-order chi connectivity index (χ0) is 52.8. The second-order valence-electron chi connectivity index (χ2n) is 19.4. The molecule has 0 bridgehead atoms. The van der Waals surface area contributed by atoms with Crippen LogP contribution in [0.4, 0.5) is 0 Å². The minimum atomic E-state index is -1.09. The lowest BCUT2D eigenvalue weighted by Crippen LogP contribution is -2.66. The molecule has 8 aromatic rings. The summed E-state index contributed by atoms with van der Waals surface area (Å²) in [5.74, 6) is 0. The molecule has 2 aliphatic heterocycles. The van der Waals surface area contributed by atoms with Crippen LogP contribution in [0.1, 0.15) is 38.9 Å². The third-order valence-corrected chi connectivity index (χ3v) is 14.8. The van der Waals surface area contributed by atoms with Gasteiger partial charge in [-0.15, -0.1) is 0 Å². The van der Waals surface area contributed by atoms with Gasteiger partial charge in [-0.3, -0.25) is 0 Å². The summed E-state index contributed by atoms with van der Waals surface area (Å²) in [7, 11) is 0. The summed E-state index contributed by atoms with van der Waals surface area (Å²) in [6.45, 7) is 2.38. The predicted molar refractivity (Wildman–Crippen MR) is 302 cm³/mol. The number of hydrogen-bond donors (Lipinski definition) is 0. The van der Waals surface area contributed by atoms with E-state index in [0.717, 1.165) is 43.8 Å². The third-order valence-electron chi connectivity index (χ3n) is 13.7. The molecule has 2 fully saturated rings. The van der Waals surface area contributed by atoms with Crippen LogP contribution < -0.4 is 0 Å². The number of rotatable bonds is 27. The van der Waals surface area contributed by atoms with E-state index in [-0.39, 0.29) is 33.0 Å². The van der Waals surface area contributed by atoms with Crippen LogP contribution >= 0.6 is 11.8 Å². The van der Waals surface area contributed by atoms with Gasteiger partial charge in [0, 0.05) is 4.90 Å². The van der Waals surface area contributed by atoms with Crippen molar-refractivity contribution in [3.8, 4) is 0 Å². The Kier molecular flexibility index (Phi) is 20.9. The Bertz CT molecular complexity index is 2880. The maximum atomic E-state index is 7.66. The van der Waals surface area contributed by atoms with E-state index in [0.29, 0.717) is 26.4 Å². The van der Waals surface area contributed by atoms with E-state index in [1.807, 2.05) is 158 Å². The van der Waals surface area contributed by atoms with Crippen LogP contribution in [0.15, 0.2) is 248 Å². The number of ether oxygens (including phenoxy) is 10. The highest BCUT2D eigenvalue weighted by Crippen LogP contribution is 2.41. The first kappa shape index (κ1) is 55.0. The second-order valence-corrected chi connectivity index (χ2v) is 20.6. The van der Waals surface area contributed by atoms with E-state index in [1.165, 1.54) is 0 Å². The molecule has 0 N–H and O–H groups in total. The van der Waals surface area contributed by atoms with Crippen molar-refractivity contribution < 1.29 is 47.4 Å². The van der Waals surface area contributed by atoms with E-state index >= 15 is 0 Å². The van der Waals surface area contributed by atoms with Crippen molar-refractivity contribution in [3.05, 3.63) is 282 Å². The smallest absolute Gasteiger partial charge is 0.187 e. The number of hydrogen-bond acceptors (Lipinski definition) is 11. The molecule has 2 heterocycles. The SMILES string of the molecule is c1ccc(COC[C@H]2O[C@@H](Sc3ccccc3)[C@H](OCc3ccccc3)[C@@H](OCc3ccccc3)[C@@H]2O[C@@H]2O[C@H](COCc3ccccc3)[C@@H](OCc3ccccc3)[C@H](OCc3ccccc3)[C@H]2OCc2ccccc2)cc1. The van der Waals surface area contributed by atoms with Gasteiger partial charge in [-0.2, -0.15) is 0 Å². The van der Waals surface area contributed by atoms with Gasteiger partial charge >= 0.3 is 0 Å². The van der Waals surface area contributed by atoms with E-state index < -0.39 is 60.6 Å². The van der Waals surface area contributed by atoms with Crippen LogP contribution in [-0.2, 0) is 93.6 Å². The van der Waals surface area contributed by atoms with E-state index in [2.05, 4.69) is 84.9 Å². The molecule has 0 unspecified atom stereocenters. The standard InChI is InChI=1S/C67H68O10S/c1-9-25-50(26-10-1)41-68-48-58-60(70-43-52-29-13-3-14-30-52)62(71-44-53-31-15-4-16-32-53)64(73-46-55-35-19-6-20-36-55)66(75-58)77-61-59(49-69-42-51-27-11-2-12-28-51)76-67(78-57-39-23-8-24-40-57)65(74-47-56-37-21-7-22-38-56)63(61)72-45-54-33-17-5-18-34-54/h1-40,58-67H,41-49H2/t58-,59-,60-,61-,62+,63+,64-,65-,66+,67+/m1/s1. The third kappa shape index (κ3) is 16.2. The Morgan fingerprint density at radius 3 is 0.962 bits per heavy atom. The van der Waals surface area contributed by atoms with Crippen molar-refractivity contribution in [2.24, 2.45) is 0 Å². The fraction of sp³-hybridized carbons (Fsp3) is 0.284. The molecule has 8 aromatic carbocycles. The average Bonchev–Trinajstić information content (AvgIpc) is 3.61. The van der Waals surface area contributed by atoms with Gasteiger partial charge in [-0.25, -0.2) is 0 Å². The van der Waals surface area contributed by atoms with Crippen LogP contribution in [0.25, 0.3) is 0 Å². The van der Waals surface area contributed by atoms with Gasteiger partial charge in [0.15, 0.2) is 6.29 Å². The Morgan fingerprint density at radius 1 is 0.282 bits per heavy atom. The zero-order valence-electron chi connectivity index (χ0n) is 43.7. The molecule has 10 rings (SSSR count). The summed E-state index contributed by atoms with van der Waals surface area (Å²) in [5, 5.41) is 0. The molecule has 0 aliphatic carbocycles. The minimum absolute atomic E-state index is 0.155. The lowest BCUT2D eigenvalue weighted by atomic mass is 9.96. The Labute approximate surface area is 463 Å². The van der Waals surface area contributed by atoms with Crippen LogP contribution in [0.5, 0.6) is 0 Å². The highest BCUT2D eigenvalue weighted by atomic mass is 32.2. The fourth-order valence-corrected chi connectivity index (χ4v) is 10.8. The Hall–Kier alpha value is -6.29. The highest BCUT2D eigenvalue weighted by Gasteiger charge is 2.54. The molecule has 0 aromatic heterocycles. The van der Waals surface area contributed by atoms with Gasteiger partial charge in [-0.1, -0.05) is 242 Å². The molecule has 11 heteroatoms. The van der Waals surface area contributed by atoms with Crippen molar-refractivity contribution in [2.75, 3.05) is 13.2 Å². The predicted octanol–water partition coefficient (Wildman–Crippen LogP) is 13.0. The van der Waals surface area contributed by atoms with Crippen LogP contribution in [0.3, 0.4) is 0 Å². The number of thioether (sulfide) groups is 1. The van der Waals surface area contributed by atoms with Crippen molar-refractivity contribution in [2.45, 2.75) is 112 Å².